The summed E-state index contributed by atoms with van der Waals surface area (Å²) in [5.74, 6) is 1.57. The fourth-order valence-corrected chi connectivity index (χ4v) is 2.85. The molecule has 2 fully saturated rings. The van der Waals surface area contributed by atoms with Crippen molar-refractivity contribution in [1.29, 1.82) is 0 Å². The first-order chi connectivity index (χ1) is 8.42. The van der Waals surface area contributed by atoms with Crippen LogP contribution in [0.3, 0.4) is 0 Å². The molecule has 0 unspecified atom stereocenters. The molecule has 0 spiro atoms. The highest BCUT2D eigenvalue weighted by Gasteiger charge is 2.22. The zero-order valence-corrected chi connectivity index (χ0v) is 10.3. The molecule has 4 heteroatoms. The van der Waals surface area contributed by atoms with E-state index in [1.54, 1.807) is 0 Å². The first kappa shape index (κ1) is 11.2. The van der Waals surface area contributed by atoms with Gasteiger partial charge in [0, 0.05) is 38.6 Å². The second kappa shape index (κ2) is 5.19. The molecule has 17 heavy (non-hydrogen) atoms. The molecule has 0 amide bonds. The number of piperazine rings is 1. The molecule has 0 bridgehead atoms. The minimum Gasteiger partial charge on any atom is -0.448 e. The van der Waals surface area contributed by atoms with Crippen molar-refractivity contribution < 1.29 is 4.42 Å². The molecule has 1 saturated heterocycles. The van der Waals surface area contributed by atoms with Crippen molar-refractivity contribution in [2.45, 2.75) is 38.1 Å². The van der Waals surface area contributed by atoms with Crippen LogP contribution in [-0.4, -0.2) is 36.1 Å². The van der Waals surface area contributed by atoms with Crippen LogP contribution in [0.4, 0.5) is 0 Å². The average molecular weight is 235 g/mol. The van der Waals surface area contributed by atoms with E-state index in [2.05, 4.69) is 15.2 Å². The van der Waals surface area contributed by atoms with E-state index < -0.39 is 0 Å². The van der Waals surface area contributed by atoms with Crippen molar-refractivity contribution in [2.24, 2.45) is 0 Å². The van der Waals surface area contributed by atoms with Gasteiger partial charge in [-0.25, -0.2) is 4.98 Å². The summed E-state index contributed by atoms with van der Waals surface area (Å²) in [5.41, 5.74) is 1.11. The van der Waals surface area contributed by atoms with E-state index in [0.717, 1.165) is 44.3 Å². The molecule has 0 aromatic carbocycles. The molecule has 0 atom stereocenters. The van der Waals surface area contributed by atoms with Crippen LogP contribution in [0.1, 0.15) is 43.2 Å². The summed E-state index contributed by atoms with van der Waals surface area (Å²) in [6.45, 7) is 5.36. The molecule has 2 aliphatic rings. The fraction of sp³-hybridized carbons (Fsp3) is 0.769. The maximum atomic E-state index is 5.64. The smallest absolute Gasteiger partial charge is 0.197 e. The Labute approximate surface area is 102 Å². The van der Waals surface area contributed by atoms with Gasteiger partial charge in [-0.2, -0.15) is 0 Å². The van der Waals surface area contributed by atoms with Gasteiger partial charge in [0.1, 0.15) is 6.26 Å². The van der Waals surface area contributed by atoms with Crippen molar-refractivity contribution in [1.82, 2.24) is 15.2 Å². The minimum atomic E-state index is 0.590. The van der Waals surface area contributed by atoms with Gasteiger partial charge in [-0.05, 0) is 12.8 Å². The van der Waals surface area contributed by atoms with Crippen molar-refractivity contribution >= 4 is 0 Å². The van der Waals surface area contributed by atoms with Gasteiger partial charge in [-0.15, -0.1) is 0 Å². The van der Waals surface area contributed by atoms with Crippen LogP contribution in [0.5, 0.6) is 0 Å². The highest BCUT2D eigenvalue weighted by molar-refractivity contribution is 5.02. The van der Waals surface area contributed by atoms with Crippen molar-refractivity contribution in [3.05, 3.63) is 17.8 Å². The third-order valence-corrected chi connectivity index (χ3v) is 3.87. The van der Waals surface area contributed by atoms with E-state index in [1.165, 1.54) is 25.7 Å². The molecular weight excluding hydrogens is 214 g/mol. The second-order valence-electron chi connectivity index (χ2n) is 5.18. The number of oxazole rings is 1. The Hall–Kier alpha value is -0.870. The van der Waals surface area contributed by atoms with Gasteiger partial charge >= 0.3 is 0 Å². The molecule has 3 rings (SSSR count). The summed E-state index contributed by atoms with van der Waals surface area (Å²) in [5, 5.41) is 3.36. The maximum Gasteiger partial charge on any atom is 0.197 e. The summed E-state index contributed by atoms with van der Waals surface area (Å²) in [6, 6.07) is 0. The quantitative estimate of drug-likeness (QED) is 0.866. The second-order valence-corrected chi connectivity index (χ2v) is 5.18. The van der Waals surface area contributed by atoms with Crippen LogP contribution in [0.2, 0.25) is 0 Å². The fourth-order valence-electron chi connectivity index (χ4n) is 2.85. The highest BCUT2D eigenvalue weighted by atomic mass is 16.3. The Bertz CT molecular complexity index is 351. The number of aromatic nitrogens is 1. The highest BCUT2D eigenvalue weighted by Crippen LogP contribution is 2.33. The van der Waals surface area contributed by atoms with Crippen LogP contribution in [0, 0.1) is 0 Å². The van der Waals surface area contributed by atoms with Gasteiger partial charge in [0.25, 0.3) is 0 Å². The first-order valence-electron chi connectivity index (χ1n) is 6.79. The zero-order chi connectivity index (χ0) is 11.5. The molecule has 94 valence electrons. The van der Waals surface area contributed by atoms with Gasteiger partial charge in [-0.3, -0.25) is 4.90 Å². The third kappa shape index (κ3) is 2.69. The van der Waals surface area contributed by atoms with Crippen LogP contribution >= 0.6 is 0 Å². The molecule has 1 N–H and O–H groups in total. The van der Waals surface area contributed by atoms with E-state index in [4.69, 9.17) is 4.42 Å². The number of rotatable bonds is 3. The predicted molar refractivity (Wildman–Crippen MR) is 65.9 cm³/mol. The van der Waals surface area contributed by atoms with Crippen LogP contribution in [0.15, 0.2) is 10.7 Å². The number of hydrogen-bond acceptors (Lipinski definition) is 4. The Morgan fingerprint density at radius 2 is 2.06 bits per heavy atom. The Morgan fingerprint density at radius 3 is 2.82 bits per heavy atom. The van der Waals surface area contributed by atoms with Crippen LogP contribution < -0.4 is 5.32 Å². The third-order valence-electron chi connectivity index (χ3n) is 3.87. The van der Waals surface area contributed by atoms with Crippen LogP contribution in [0.25, 0.3) is 0 Å². The number of nitrogens with one attached hydrogen (secondary N) is 1. The molecule has 2 heterocycles. The monoisotopic (exact) mass is 235 g/mol. The van der Waals surface area contributed by atoms with Gasteiger partial charge in [0.2, 0.25) is 0 Å². The molecule has 1 aromatic rings. The lowest BCUT2D eigenvalue weighted by atomic mass is 10.1. The lowest BCUT2D eigenvalue weighted by molar-refractivity contribution is 0.230. The Kier molecular flexibility index (Phi) is 3.43. The molecule has 1 saturated carbocycles. The van der Waals surface area contributed by atoms with Crippen molar-refractivity contribution in [2.75, 3.05) is 26.2 Å². The Morgan fingerprint density at radius 1 is 1.29 bits per heavy atom. The summed E-state index contributed by atoms with van der Waals surface area (Å²) in [4.78, 5) is 7.09. The van der Waals surface area contributed by atoms with Crippen molar-refractivity contribution in [3.8, 4) is 0 Å². The first-order valence-corrected chi connectivity index (χ1v) is 6.79. The van der Waals surface area contributed by atoms with Gasteiger partial charge < -0.3 is 9.73 Å². The number of nitrogens with zero attached hydrogens (tertiary/aromatic N) is 2. The predicted octanol–water partition coefficient (Wildman–Crippen LogP) is 1.74. The van der Waals surface area contributed by atoms with E-state index in [1.807, 2.05) is 6.26 Å². The molecule has 1 aliphatic carbocycles. The maximum absolute atomic E-state index is 5.64. The summed E-state index contributed by atoms with van der Waals surface area (Å²) >= 11 is 0. The van der Waals surface area contributed by atoms with E-state index in [0.29, 0.717) is 5.92 Å². The van der Waals surface area contributed by atoms with Crippen molar-refractivity contribution in [3.63, 3.8) is 0 Å². The molecule has 4 nitrogen and oxygen atoms in total. The molecule has 1 aliphatic heterocycles. The summed E-state index contributed by atoms with van der Waals surface area (Å²) < 4.78 is 5.64. The van der Waals surface area contributed by atoms with Gasteiger partial charge in [0.15, 0.2) is 5.89 Å². The van der Waals surface area contributed by atoms with E-state index in [-0.39, 0.29) is 0 Å². The SMILES string of the molecule is c1oc(C2CCCC2)nc1CN1CCNCC1. The lowest BCUT2D eigenvalue weighted by Crippen LogP contribution is -2.42. The number of hydrogen-bond donors (Lipinski definition) is 1. The molecule has 1 aromatic heterocycles. The van der Waals surface area contributed by atoms with Crippen LogP contribution in [-0.2, 0) is 6.54 Å². The minimum absolute atomic E-state index is 0.590. The molecule has 0 radical (unpaired) electrons. The topological polar surface area (TPSA) is 41.3 Å². The average Bonchev–Trinajstić information content (AvgIpc) is 3.00. The largest absolute Gasteiger partial charge is 0.448 e. The van der Waals surface area contributed by atoms with E-state index >= 15 is 0 Å². The van der Waals surface area contributed by atoms with E-state index in [9.17, 15) is 0 Å². The normalized spacial score (nSPS) is 23.3. The summed E-state index contributed by atoms with van der Waals surface area (Å²) in [6.07, 6.45) is 7.04. The standard InChI is InChI=1S/C13H21N3O/c1-2-4-11(3-1)13-15-12(10-17-13)9-16-7-5-14-6-8-16/h10-11,14H,1-9H2. The van der Waals surface area contributed by atoms with Gasteiger partial charge in [0.05, 0.1) is 5.69 Å². The van der Waals surface area contributed by atoms with Gasteiger partial charge in [-0.1, -0.05) is 12.8 Å². The molecular formula is C13H21N3O. The lowest BCUT2D eigenvalue weighted by Gasteiger charge is -2.26. The Balaban J connectivity index is 1.59. The summed E-state index contributed by atoms with van der Waals surface area (Å²) in [7, 11) is 0. The zero-order valence-electron chi connectivity index (χ0n) is 10.3.